The van der Waals surface area contributed by atoms with Crippen LogP contribution in [0.15, 0.2) is 5.38 Å². The van der Waals surface area contributed by atoms with Crippen LogP contribution in [0, 0.1) is 11.3 Å². The number of thiazole rings is 1. The molecular weight excluding hydrogens is 330 g/mol. The van der Waals surface area contributed by atoms with Crippen molar-refractivity contribution in [1.82, 2.24) is 15.2 Å². The van der Waals surface area contributed by atoms with E-state index in [4.69, 9.17) is 4.98 Å². The van der Waals surface area contributed by atoms with Crippen molar-refractivity contribution >= 4 is 17.2 Å². The Kier molecular flexibility index (Phi) is 5.64. The quantitative estimate of drug-likeness (QED) is 0.814. The smallest absolute Gasteiger partial charge is 0.169 e. The lowest BCUT2D eigenvalue weighted by atomic mass is 9.97. The number of hydrogen-bond acceptors (Lipinski definition) is 6. The second-order valence-electron chi connectivity index (χ2n) is 6.46. The number of hydrogen-bond donors (Lipinski definition) is 0. The van der Waals surface area contributed by atoms with Crippen LogP contribution >= 0.6 is 11.3 Å². The molecule has 5 nitrogen and oxygen atoms in total. The molecule has 6 heteroatoms. The summed E-state index contributed by atoms with van der Waals surface area (Å²) in [4.78, 5) is 7.02. The molecule has 1 fully saturated rings. The van der Waals surface area contributed by atoms with Crippen LogP contribution in [0.4, 0.5) is 5.82 Å². The van der Waals surface area contributed by atoms with Crippen molar-refractivity contribution in [3.63, 3.8) is 0 Å². The van der Waals surface area contributed by atoms with Crippen molar-refractivity contribution in [2.45, 2.75) is 58.8 Å². The third-order valence-corrected chi connectivity index (χ3v) is 6.00. The van der Waals surface area contributed by atoms with Gasteiger partial charge in [0.2, 0.25) is 0 Å². The van der Waals surface area contributed by atoms with Crippen LogP contribution in [-0.4, -0.2) is 28.3 Å². The minimum atomic E-state index is 0.420. The highest BCUT2D eigenvalue weighted by atomic mass is 32.1. The Morgan fingerprint density at radius 2 is 2.08 bits per heavy atom. The molecule has 0 amide bonds. The first-order valence-electron chi connectivity index (χ1n) is 9.19. The Balaban J connectivity index is 1.90. The van der Waals surface area contributed by atoms with Gasteiger partial charge in [0.15, 0.2) is 5.82 Å². The van der Waals surface area contributed by atoms with E-state index in [0.717, 1.165) is 62.3 Å². The summed E-state index contributed by atoms with van der Waals surface area (Å²) >= 11 is 1.76. The maximum Gasteiger partial charge on any atom is 0.169 e. The number of aryl methyl sites for hydroxylation is 2. The molecule has 0 saturated carbocycles. The molecule has 0 aliphatic carbocycles. The first kappa shape index (κ1) is 17.8. The molecule has 25 heavy (non-hydrogen) atoms. The van der Waals surface area contributed by atoms with Crippen LogP contribution in [-0.2, 0) is 19.3 Å². The maximum absolute atomic E-state index is 9.74. The second kappa shape index (κ2) is 7.92. The van der Waals surface area contributed by atoms with Crippen LogP contribution in [0.5, 0.6) is 0 Å². The molecule has 1 saturated heterocycles. The Labute approximate surface area is 153 Å². The molecule has 0 N–H and O–H groups in total. The Bertz CT molecular complexity index is 777. The third-order valence-electron chi connectivity index (χ3n) is 4.94. The normalized spacial score (nSPS) is 17.5. The molecule has 1 atom stereocenters. The Morgan fingerprint density at radius 3 is 2.72 bits per heavy atom. The van der Waals surface area contributed by atoms with Gasteiger partial charge in [-0.05, 0) is 37.7 Å². The molecule has 3 rings (SSSR count). The molecule has 1 aliphatic heterocycles. The zero-order chi connectivity index (χ0) is 17.8. The fraction of sp³-hybridized carbons (Fsp3) is 0.579. The highest BCUT2D eigenvalue weighted by Gasteiger charge is 2.27. The number of piperidine rings is 1. The monoisotopic (exact) mass is 355 g/mol. The third kappa shape index (κ3) is 3.52. The minimum absolute atomic E-state index is 0.420. The zero-order valence-corrected chi connectivity index (χ0v) is 16.1. The second-order valence-corrected chi connectivity index (χ2v) is 7.35. The largest absolute Gasteiger partial charge is 0.353 e. The Morgan fingerprint density at radius 1 is 1.24 bits per heavy atom. The fourth-order valence-corrected chi connectivity index (χ4v) is 4.58. The molecule has 0 aromatic carbocycles. The van der Waals surface area contributed by atoms with Crippen molar-refractivity contribution in [3.05, 3.63) is 32.9 Å². The Hall–Kier alpha value is -2.00. The summed E-state index contributed by atoms with van der Waals surface area (Å²) in [7, 11) is 0. The van der Waals surface area contributed by atoms with E-state index in [1.807, 2.05) is 0 Å². The van der Waals surface area contributed by atoms with E-state index in [2.05, 4.69) is 47.3 Å². The van der Waals surface area contributed by atoms with Crippen molar-refractivity contribution in [2.75, 3.05) is 18.0 Å². The lowest BCUT2D eigenvalue weighted by Crippen LogP contribution is -2.36. The van der Waals surface area contributed by atoms with Crippen LogP contribution in [0.3, 0.4) is 0 Å². The first-order chi connectivity index (χ1) is 12.2. The molecule has 2 aromatic rings. The van der Waals surface area contributed by atoms with Crippen molar-refractivity contribution in [2.24, 2.45) is 0 Å². The van der Waals surface area contributed by atoms with Gasteiger partial charge in [-0.15, -0.1) is 16.4 Å². The SMILES string of the molecule is CCc1csc(C2CCCN(c3nnc(CC)c(CC)c3C#N)C2)n1. The van der Waals surface area contributed by atoms with Gasteiger partial charge in [-0.3, -0.25) is 0 Å². The summed E-state index contributed by atoms with van der Waals surface area (Å²) in [6.45, 7) is 8.09. The number of nitriles is 1. The molecule has 2 aromatic heterocycles. The average molecular weight is 356 g/mol. The highest BCUT2D eigenvalue weighted by Crippen LogP contribution is 2.33. The van der Waals surface area contributed by atoms with E-state index in [1.54, 1.807) is 11.3 Å². The minimum Gasteiger partial charge on any atom is -0.353 e. The van der Waals surface area contributed by atoms with Crippen molar-refractivity contribution < 1.29 is 0 Å². The number of anilines is 1. The first-order valence-corrected chi connectivity index (χ1v) is 10.1. The van der Waals surface area contributed by atoms with Gasteiger partial charge in [0.1, 0.15) is 11.6 Å². The molecule has 0 bridgehead atoms. The van der Waals surface area contributed by atoms with Crippen molar-refractivity contribution in [3.8, 4) is 6.07 Å². The molecule has 0 radical (unpaired) electrons. The molecule has 1 aliphatic rings. The maximum atomic E-state index is 9.74. The van der Waals surface area contributed by atoms with Crippen LogP contribution in [0.2, 0.25) is 0 Å². The number of rotatable bonds is 5. The van der Waals surface area contributed by atoms with E-state index in [0.29, 0.717) is 11.5 Å². The summed E-state index contributed by atoms with van der Waals surface area (Å²) < 4.78 is 0. The molecule has 3 heterocycles. The molecule has 132 valence electrons. The number of nitrogens with zero attached hydrogens (tertiary/aromatic N) is 5. The molecule has 1 unspecified atom stereocenters. The molecule has 0 spiro atoms. The fourth-order valence-electron chi connectivity index (χ4n) is 3.54. The summed E-state index contributed by atoms with van der Waals surface area (Å²) in [5.74, 6) is 1.18. The predicted molar refractivity (Wildman–Crippen MR) is 101 cm³/mol. The van der Waals surface area contributed by atoms with Gasteiger partial charge in [0.05, 0.1) is 16.4 Å². The van der Waals surface area contributed by atoms with Gasteiger partial charge in [-0.25, -0.2) is 4.98 Å². The van der Waals surface area contributed by atoms with E-state index in [-0.39, 0.29) is 0 Å². The topological polar surface area (TPSA) is 65.7 Å². The lowest BCUT2D eigenvalue weighted by Gasteiger charge is -2.33. The summed E-state index contributed by atoms with van der Waals surface area (Å²) in [6, 6.07) is 2.40. The lowest BCUT2D eigenvalue weighted by molar-refractivity contribution is 0.502. The van der Waals surface area contributed by atoms with Gasteiger partial charge in [-0.2, -0.15) is 10.4 Å². The number of aromatic nitrogens is 3. The van der Waals surface area contributed by atoms with Gasteiger partial charge in [-0.1, -0.05) is 20.8 Å². The van der Waals surface area contributed by atoms with Gasteiger partial charge >= 0.3 is 0 Å². The van der Waals surface area contributed by atoms with Gasteiger partial charge in [0, 0.05) is 24.4 Å². The summed E-state index contributed by atoms with van der Waals surface area (Å²) in [6.07, 6.45) is 4.85. The average Bonchev–Trinajstić information content (AvgIpc) is 3.16. The highest BCUT2D eigenvalue weighted by molar-refractivity contribution is 7.09. The van der Waals surface area contributed by atoms with E-state index < -0.39 is 0 Å². The standard InChI is InChI=1S/C19H25N5S/c1-4-14-12-25-19(21-14)13-8-7-9-24(11-13)18-16(10-20)15(5-2)17(6-3)22-23-18/h12-13H,4-9,11H2,1-3H3. The van der Waals surface area contributed by atoms with E-state index in [9.17, 15) is 5.26 Å². The zero-order valence-electron chi connectivity index (χ0n) is 15.2. The van der Waals surface area contributed by atoms with Crippen molar-refractivity contribution in [1.29, 1.82) is 5.26 Å². The van der Waals surface area contributed by atoms with Gasteiger partial charge in [0.25, 0.3) is 0 Å². The summed E-state index contributed by atoms with van der Waals surface area (Å²) in [5, 5.41) is 22.0. The van der Waals surface area contributed by atoms with E-state index in [1.165, 1.54) is 10.7 Å². The van der Waals surface area contributed by atoms with Crippen LogP contribution in [0.25, 0.3) is 0 Å². The molecular formula is C19H25N5S. The van der Waals surface area contributed by atoms with E-state index >= 15 is 0 Å². The van der Waals surface area contributed by atoms with Gasteiger partial charge < -0.3 is 4.90 Å². The summed E-state index contributed by atoms with van der Waals surface area (Å²) in [5.41, 5.74) is 3.89. The van der Waals surface area contributed by atoms with Crippen LogP contribution < -0.4 is 4.90 Å². The predicted octanol–water partition coefficient (Wildman–Crippen LogP) is 3.88. The van der Waals surface area contributed by atoms with Crippen LogP contribution in [0.1, 0.15) is 67.1 Å².